The van der Waals surface area contributed by atoms with E-state index in [9.17, 15) is 4.79 Å². The minimum atomic E-state index is -0.199. The highest BCUT2D eigenvalue weighted by Crippen LogP contribution is 2.73. The third kappa shape index (κ3) is 2.07. The summed E-state index contributed by atoms with van der Waals surface area (Å²) in [7, 11) is 0. The highest BCUT2D eigenvalue weighted by atomic mass is 16.5. The molecule has 3 aliphatic rings. The highest BCUT2D eigenvalue weighted by molar-refractivity contribution is 5.75. The fraction of sp³-hybridized carbons (Fsp3) is 0.947. The first-order valence-electron chi connectivity index (χ1n) is 9.47. The average Bonchev–Trinajstić information content (AvgIpc) is 3.14. The van der Waals surface area contributed by atoms with E-state index in [-0.39, 0.29) is 28.3 Å². The van der Waals surface area contributed by atoms with Crippen molar-refractivity contribution < 1.29 is 9.53 Å². The van der Waals surface area contributed by atoms with E-state index in [1.165, 1.54) is 25.7 Å². The molecule has 0 radical (unpaired) electrons. The molecule has 2 N–H and O–H groups in total. The van der Waals surface area contributed by atoms with Crippen LogP contribution in [0.1, 0.15) is 59.8 Å². The zero-order valence-corrected chi connectivity index (χ0v) is 15.4. The lowest BCUT2D eigenvalue weighted by atomic mass is 9.57. The van der Waals surface area contributed by atoms with E-state index in [0.29, 0.717) is 19.1 Å². The Morgan fingerprint density at radius 2 is 1.96 bits per heavy atom. The molecule has 3 fully saturated rings. The maximum absolute atomic E-state index is 12.8. The van der Waals surface area contributed by atoms with Crippen LogP contribution in [0.3, 0.4) is 0 Å². The normalized spacial score (nSPS) is 40.5. The van der Waals surface area contributed by atoms with E-state index < -0.39 is 0 Å². The van der Waals surface area contributed by atoms with Crippen LogP contribution >= 0.6 is 0 Å². The van der Waals surface area contributed by atoms with Gasteiger partial charge in [-0.1, -0.05) is 20.8 Å². The van der Waals surface area contributed by atoms with Gasteiger partial charge in [0.2, 0.25) is 0 Å². The van der Waals surface area contributed by atoms with Crippen molar-refractivity contribution in [3.8, 4) is 0 Å². The summed E-state index contributed by atoms with van der Waals surface area (Å²) in [5, 5.41) is 0. The molecule has 0 aromatic heterocycles. The van der Waals surface area contributed by atoms with Crippen LogP contribution in [0.5, 0.6) is 0 Å². The summed E-state index contributed by atoms with van der Waals surface area (Å²) in [6, 6.07) is 0. The Labute approximate surface area is 141 Å². The Bertz CT molecular complexity index is 472. The first-order chi connectivity index (χ1) is 10.8. The molecule has 0 spiro atoms. The second-order valence-electron chi connectivity index (χ2n) is 8.65. The summed E-state index contributed by atoms with van der Waals surface area (Å²) < 4.78 is 5.47. The van der Waals surface area contributed by atoms with Gasteiger partial charge < -0.3 is 10.5 Å². The maximum atomic E-state index is 12.8. The summed E-state index contributed by atoms with van der Waals surface area (Å²) >= 11 is 0. The number of carbonyl (C=O) groups excluding carboxylic acids is 1. The van der Waals surface area contributed by atoms with Crippen LogP contribution < -0.4 is 5.73 Å². The van der Waals surface area contributed by atoms with Crippen LogP contribution in [0.25, 0.3) is 0 Å². The van der Waals surface area contributed by atoms with E-state index in [1.807, 2.05) is 6.92 Å². The maximum Gasteiger partial charge on any atom is 0.312 e. The Morgan fingerprint density at radius 3 is 2.39 bits per heavy atom. The molecule has 4 atom stereocenters. The first kappa shape index (κ1) is 17.2. The molecule has 1 saturated heterocycles. The van der Waals surface area contributed by atoms with Crippen LogP contribution in [-0.2, 0) is 9.53 Å². The Morgan fingerprint density at radius 1 is 1.30 bits per heavy atom. The number of likely N-dealkylation sites (tertiary alicyclic amines) is 1. The highest BCUT2D eigenvalue weighted by Gasteiger charge is 2.73. The predicted octanol–water partition coefficient (Wildman–Crippen LogP) is 2.81. The van der Waals surface area contributed by atoms with Gasteiger partial charge in [0.25, 0.3) is 0 Å². The largest absolute Gasteiger partial charge is 0.466 e. The van der Waals surface area contributed by atoms with Crippen molar-refractivity contribution in [2.24, 2.45) is 28.4 Å². The zero-order chi connectivity index (χ0) is 16.9. The second-order valence-corrected chi connectivity index (χ2v) is 8.65. The van der Waals surface area contributed by atoms with Crippen molar-refractivity contribution in [1.82, 2.24) is 4.90 Å². The number of ether oxygens (including phenoxy) is 1. The molecule has 4 nitrogen and oxygen atoms in total. The van der Waals surface area contributed by atoms with Crippen LogP contribution in [0.2, 0.25) is 0 Å². The Hall–Kier alpha value is -0.610. The summed E-state index contributed by atoms with van der Waals surface area (Å²) in [4.78, 5) is 15.5. The van der Waals surface area contributed by atoms with E-state index >= 15 is 0 Å². The number of rotatable bonds is 5. The SMILES string of the molecule is CCOC(=O)[C@@H](CN)[C@]1(N2CCCC2)C[C@H]2CC[C@@]1(C)C2(C)C. The van der Waals surface area contributed by atoms with E-state index in [0.717, 1.165) is 19.5 Å². The van der Waals surface area contributed by atoms with Crippen molar-refractivity contribution in [2.45, 2.75) is 65.3 Å². The van der Waals surface area contributed by atoms with Crippen LogP contribution in [0.15, 0.2) is 0 Å². The Kier molecular flexibility index (Phi) is 4.29. The molecule has 2 aliphatic carbocycles. The minimum absolute atomic E-state index is 0.0773. The van der Waals surface area contributed by atoms with Gasteiger partial charge in [-0.05, 0) is 68.9 Å². The fourth-order valence-electron chi connectivity index (χ4n) is 6.40. The smallest absolute Gasteiger partial charge is 0.312 e. The quantitative estimate of drug-likeness (QED) is 0.791. The van der Waals surface area contributed by atoms with Crippen molar-refractivity contribution in [1.29, 1.82) is 0 Å². The van der Waals surface area contributed by atoms with Gasteiger partial charge in [0.1, 0.15) is 0 Å². The third-order valence-electron chi connectivity index (χ3n) is 8.00. The predicted molar refractivity (Wildman–Crippen MR) is 91.9 cm³/mol. The molecular formula is C19H34N2O2. The molecule has 1 heterocycles. The van der Waals surface area contributed by atoms with Gasteiger partial charge >= 0.3 is 5.97 Å². The van der Waals surface area contributed by atoms with Crippen molar-refractivity contribution in [2.75, 3.05) is 26.2 Å². The lowest BCUT2D eigenvalue weighted by Gasteiger charge is -2.56. The van der Waals surface area contributed by atoms with Gasteiger partial charge in [-0.15, -0.1) is 0 Å². The minimum Gasteiger partial charge on any atom is -0.466 e. The number of nitrogens with two attached hydrogens (primary N) is 1. The van der Waals surface area contributed by atoms with E-state index in [4.69, 9.17) is 10.5 Å². The van der Waals surface area contributed by atoms with Gasteiger partial charge in [0.15, 0.2) is 0 Å². The molecule has 0 unspecified atom stereocenters. The standard InChI is InChI=1S/C19H34N2O2/c1-5-23-16(22)15(13-20)19(21-10-6-7-11-21)12-14-8-9-18(19,4)17(14,2)3/h14-15H,5-13,20H2,1-4H3/t14-,15-,18+,19-/m1/s1. The third-order valence-corrected chi connectivity index (χ3v) is 8.00. The van der Waals surface area contributed by atoms with Gasteiger partial charge in [-0.25, -0.2) is 0 Å². The number of nitrogens with zero attached hydrogens (tertiary/aromatic N) is 1. The van der Waals surface area contributed by atoms with E-state index in [1.54, 1.807) is 0 Å². The number of fused-ring (bicyclic) bond motifs is 2. The molecule has 3 rings (SSSR count). The van der Waals surface area contributed by atoms with Gasteiger partial charge in [0.05, 0.1) is 12.5 Å². The summed E-state index contributed by atoms with van der Waals surface area (Å²) in [6.45, 7) is 12.2. The lowest BCUT2D eigenvalue weighted by molar-refractivity contribution is -0.161. The van der Waals surface area contributed by atoms with Crippen molar-refractivity contribution in [3.05, 3.63) is 0 Å². The first-order valence-corrected chi connectivity index (χ1v) is 9.47. The summed E-state index contributed by atoms with van der Waals surface area (Å²) in [5.74, 6) is 0.415. The molecule has 132 valence electrons. The molecular weight excluding hydrogens is 288 g/mol. The fourth-order valence-corrected chi connectivity index (χ4v) is 6.40. The molecule has 0 aromatic carbocycles. The topological polar surface area (TPSA) is 55.6 Å². The monoisotopic (exact) mass is 322 g/mol. The summed E-state index contributed by atoms with van der Waals surface area (Å²) in [5.41, 5.74) is 6.46. The van der Waals surface area contributed by atoms with Gasteiger partial charge in [-0.2, -0.15) is 0 Å². The number of hydrogen-bond acceptors (Lipinski definition) is 4. The summed E-state index contributed by atoms with van der Waals surface area (Å²) in [6.07, 6.45) is 6.08. The van der Waals surface area contributed by atoms with Crippen LogP contribution in [-0.4, -0.2) is 42.6 Å². The average molecular weight is 322 g/mol. The number of esters is 1. The second kappa shape index (κ2) is 5.73. The molecule has 4 heteroatoms. The van der Waals surface area contributed by atoms with Gasteiger partial charge in [-0.3, -0.25) is 9.69 Å². The number of hydrogen-bond donors (Lipinski definition) is 1. The zero-order valence-electron chi connectivity index (χ0n) is 15.4. The Balaban J connectivity index is 2.08. The molecule has 0 amide bonds. The van der Waals surface area contributed by atoms with E-state index in [2.05, 4.69) is 25.7 Å². The molecule has 0 aromatic rings. The lowest BCUT2D eigenvalue weighted by Crippen LogP contribution is -2.65. The van der Waals surface area contributed by atoms with Crippen LogP contribution in [0, 0.1) is 22.7 Å². The number of carbonyl (C=O) groups is 1. The molecule has 23 heavy (non-hydrogen) atoms. The molecule has 2 saturated carbocycles. The van der Waals surface area contributed by atoms with Crippen LogP contribution in [0.4, 0.5) is 0 Å². The van der Waals surface area contributed by atoms with Gasteiger partial charge in [0, 0.05) is 12.1 Å². The molecule has 1 aliphatic heterocycles. The molecule has 2 bridgehead atoms. The van der Waals surface area contributed by atoms with Crippen molar-refractivity contribution >= 4 is 5.97 Å². The van der Waals surface area contributed by atoms with Crippen molar-refractivity contribution in [3.63, 3.8) is 0 Å².